The van der Waals surface area contributed by atoms with Crippen LogP contribution in [0.4, 0.5) is 0 Å². The van der Waals surface area contributed by atoms with Crippen molar-refractivity contribution in [3.8, 4) is 0 Å². The topological polar surface area (TPSA) is 77.0 Å². The first kappa shape index (κ1) is 12.0. The zero-order valence-electron chi connectivity index (χ0n) is 9.54. The number of amides is 1. The third kappa shape index (κ3) is 3.82. The standard InChI is InChI=1S/C12H12N2O4/c15-12(13-7-10-3-1-5-16-10)9-18-14-8-11-4-2-6-17-11/h1-6,8H,7,9H2,(H,13,15). The largest absolute Gasteiger partial charge is 0.467 e. The van der Waals surface area contributed by atoms with E-state index in [1.807, 2.05) is 0 Å². The van der Waals surface area contributed by atoms with Crippen molar-refractivity contribution in [1.82, 2.24) is 5.32 Å². The van der Waals surface area contributed by atoms with E-state index in [-0.39, 0.29) is 12.5 Å². The zero-order valence-corrected chi connectivity index (χ0v) is 9.54. The van der Waals surface area contributed by atoms with Gasteiger partial charge in [0.15, 0.2) is 6.61 Å². The number of oxime groups is 1. The van der Waals surface area contributed by atoms with E-state index in [9.17, 15) is 4.79 Å². The van der Waals surface area contributed by atoms with Gasteiger partial charge in [-0.25, -0.2) is 0 Å². The molecule has 2 aromatic rings. The molecule has 0 bridgehead atoms. The Morgan fingerprint density at radius 1 is 1.33 bits per heavy atom. The molecule has 1 N–H and O–H groups in total. The molecule has 0 spiro atoms. The van der Waals surface area contributed by atoms with Crippen LogP contribution in [0.5, 0.6) is 0 Å². The normalized spacial score (nSPS) is 10.7. The lowest BCUT2D eigenvalue weighted by molar-refractivity contribution is -0.125. The summed E-state index contributed by atoms with van der Waals surface area (Å²) in [5.74, 6) is 0.969. The Balaban J connectivity index is 1.63. The Bertz CT molecular complexity index is 488. The van der Waals surface area contributed by atoms with E-state index in [1.165, 1.54) is 12.5 Å². The molecule has 2 heterocycles. The lowest BCUT2D eigenvalue weighted by Gasteiger charge is -2.01. The molecule has 0 aliphatic heterocycles. The number of furan rings is 2. The van der Waals surface area contributed by atoms with Crippen molar-refractivity contribution in [3.63, 3.8) is 0 Å². The molecule has 0 atom stereocenters. The Hall–Kier alpha value is -2.50. The number of nitrogens with zero attached hydrogens (tertiary/aromatic N) is 1. The highest BCUT2D eigenvalue weighted by Gasteiger charge is 2.02. The van der Waals surface area contributed by atoms with Gasteiger partial charge in [-0.3, -0.25) is 4.79 Å². The Morgan fingerprint density at radius 3 is 2.89 bits per heavy atom. The fourth-order valence-electron chi connectivity index (χ4n) is 1.20. The molecule has 0 saturated heterocycles. The molecule has 2 aromatic heterocycles. The van der Waals surface area contributed by atoms with Crippen molar-refractivity contribution < 1.29 is 18.5 Å². The summed E-state index contributed by atoms with van der Waals surface area (Å²) in [6.07, 6.45) is 4.46. The molecule has 0 aliphatic rings. The van der Waals surface area contributed by atoms with E-state index in [0.29, 0.717) is 18.1 Å². The molecular formula is C12H12N2O4. The Kier molecular flexibility index (Phi) is 4.18. The van der Waals surface area contributed by atoms with Crippen molar-refractivity contribution in [2.45, 2.75) is 6.54 Å². The predicted octanol–water partition coefficient (Wildman–Crippen LogP) is 1.54. The average Bonchev–Trinajstić information content (AvgIpc) is 3.04. The summed E-state index contributed by atoms with van der Waals surface area (Å²) in [4.78, 5) is 16.1. The van der Waals surface area contributed by atoms with Gasteiger partial charge in [-0.05, 0) is 24.3 Å². The maximum absolute atomic E-state index is 11.3. The number of carbonyl (C=O) groups excluding carboxylic acids is 1. The molecule has 94 valence electrons. The highest BCUT2D eigenvalue weighted by atomic mass is 16.6. The van der Waals surface area contributed by atoms with Crippen LogP contribution in [0.1, 0.15) is 11.5 Å². The molecule has 6 nitrogen and oxygen atoms in total. The van der Waals surface area contributed by atoms with Gasteiger partial charge in [-0.2, -0.15) is 0 Å². The summed E-state index contributed by atoms with van der Waals surface area (Å²) in [5, 5.41) is 6.22. The molecule has 0 radical (unpaired) electrons. The van der Waals surface area contributed by atoms with Crippen LogP contribution in [0.3, 0.4) is 0 Å². The quantitative estimate of drug-likeness (QED) is 0.621. The minimum atomic E-state index is -0.275. The van der Waals surface area contributed by atoms with E-state index in [4.69, 9.17) is 13.7 Å². The van der Waals surface area contributed by atoms with Crippen LogP contribution in [0.2, 0.25) is 0 Å². The molecule has 0 aliphatic carbocycles. The lowest BCUT2D eigenvalue weighted by atomic mass is 10.4. The molecular weight excluding hydrogens is 236 g/mol. The lowest BCUT2D eigenvalue weighted by Crippen LogP contribution is -2.26. The highest BCUT2D eigenvalue weighted by Crippen LogP contribution is 1.98. The summed E-state index contributed by atoms with van der Waals surface area (Å²) in [6, 6.07) is 6.99. The monoisotopic (exact) mass is 248 g/mol. The van der Waals surface area contributed by atoms with Gasteiger partial charge in [-0.15, -0.1) is 0 Å². The Labute approximate surface area is 103 Å². The van der Waals surface area contributed by atoms with Crippen LogP contribution in [0.25, 0.3) is 0 Å². The van der Waals surface area contributed by atoms with Gasteiger partial charge >= 0.3 is 0 Å². The smallest absolute Gasteiger partial charge is 0.261 e. The first-order chi connectivity index (χ1) is 8.84. The van der Waals surface area contributed by atoms with Gasteiger partial charge in [0.1, 0.15) is 17.7 Å². The summed E-state index contributed by atoms with van der Waals surface area (Å²) in [6.45, 7) is 0.176. The van der Waals surface area contributed by atoms with Crippen molar-refractivity contribution >= 4 is 12.1 Å². The van der Waals surface area contributed by atoms with Crippen LogP contribution in [0.15, 0.2) is 50.8 Å². The van der Waals surface area contributed by atoms with Gasteiger partial charge in [-0.1, -0.05) is 5.16 Å². The van der Waals surface area contributed by atoms with Gasteiger partial charge in [0.05, 0.1) is 19.1 Å². The van der Waals surface area contributed by atoms with Crippen LogP contribution in [-0.2, 0) is 16.2 Å². The minimum Gasteiger partial charge on any atom is -0.467 e. The first-order valence-electron chi connectivity index (χ1n) is 5.32. The van der Waals surface area contributed by atoms with Crippen molar-refractivity contribution in [2.75, 3.05) is 6.61 Å². The van der Waals surface area contributed by atoms with Crippen LogP contribution in [0, 0.1) is 0 Å². The van der Waals surface area contributed by atoms with Gasteiger partial charge in [0.25, 0.3) is 5.91 Å². The maximum atomic E-state index is 11.3. The molecule has 1 amide bonds. The van der Waals surface area contributed by atoms with E-state index in [1.54, 1.807) is 30.5 Å². The van der Waals surface area contributed by atoms with E-state index in [0.717, 1.165) is 0 Å². The third-order valence-corrected chi connectivity index (χ3v) is 2.03. The number of rotatable bonds is 6. The van der Waals surface area contributed by atoms with Crippen LogP contribution >= 0.6 is 0 Å². The second kappa shape index (κ2) is 6.29. The van der Waals surface area contributed by atoms with E-state index in [2.05, 4.69) is 10.5 Å². The fraction of sp³-hybridized carbons (Fsp3) is 0.167. The summed E-state index contributed by atoms with van der Waals surface area (Å²) >= 11 is 0. The van der Waals surface area contributed by atoms with Gasteiger partial charge < -0.3 is 19.0 Å². The number of hydrogen-bond donors (Lipinski definition) is 1. The van der Waals surface area contributed by atoms with Crippen LogP contribution in [-0.4, -0.2) is 18.7 Å². The van der Waals surface area contributed by atoms with Gasteiger partial charge in [0, 0.05) is 0 Å². The third-order valence-electron chi connectivity index (χ3n) is 2.03. The zero-order chi connectivity index (χ0) is 12.6. The van der Waals surface area contributed by atoms with Crippen molar-refractivity contribution in [2.24, 2.45) is 5.16 Å². The minimum absolute atomic E-state index is 0.155. The van der Waals surface area contributed by atoms with Gasteiger partial charge in [0.2, 0.25) is 0 Å². The summed E-state index contributed by atoms with van der Waals surface area (Å²) in [5.41, 5.74) is 0. The molecule has 0 aromatic carbocycles. The average molecular weight is 248 g/mol. The second-order valence-electron chi connectivity index (χ2n) is 3.38. The number of hydrogen-bond acceptors (Lipinski definition) is 5. The Morgan fingerprint density at radius 2 is 2.17 bits per heavy atom. The number of carbonyl (C=O) groups is 1. The predicted molar refractivity (Wildman–Crippen MR) is 62.8 cm³/mol. The molecule has 0 saturated carbocycles. The van der Waals surface area contributed by atoms with E-state index >= 15 is 0 Å². The maximum Gasteiger partial charge on any atom is 0.261 e. The second-order valence-corrected chi connectivity index (χ2v) is 3.38. The summed E-state index contributed by atoms with van der Waals surface area (Å²) in [7, 11) is 0. The molecule has 0 fully saturated rings. The van der Waals surface area contributed by atoms with Crippen molar-refractivity contribution in [3.05, 3.63) is 48.3 Å². The van der Waals surface area contributed by atoms with E-state index < -0.39 is 0 Å². The number of nitrogens with one attached hydrogen (secondary N) is 1. The SMILES string of the molecule is O=C(CON=Cc1ccco1)NCc1ccco1. The molecule has 2 rings (SSSR count). The van der Waals surface area contributed by atoms with Crippen LogP contribution < -0.4 is 5.32 Å². The molecule has 6 heteroatoms. The highest BCUT2D eigenvalue weighted by molar-refractivity contribution is 5.77. The first-order valence-corrected chi connectivity index (χ1v) is 5.32. The molecule has 18 heavy (non-hydrogen) atoms. The summed E-state index contributed by atoms with van der Waals surface area (Å²) < 4.78 is 10.1. The molecule has 0 unspecified atom stereocenters. The van der Waals surface area contributed by atoms with Crippen molar-refractivity contribution in [1.29, 1.82) is 0 Å². The fourth-order valence-corrected chi connectivity index (χ4v) is 1.20.